The quantitative estimate of drug-likeness (QED) is 0.243. The highest BCUT2D eigenvalue weighted by molar-refractivity contribution is 6.02. The normalized spacial score (nSPS) is 26.5. The molecule has 3 unspecified atom stereocenters. The van der Waals surface area contributed by atoms with Crippen molar-refractivity contribution in [3.63, 3.8) is 0 Å². The van der Waals surface area contributed by atoms with Gasteiger partial charge in [-0.3, -0.25) is 4.90 Å². The standard InChI is InChI=1S/C38H45F2N5O6/c1-36(19-50-20-36)17-44-12-6-11-38(10-5-9-27(38)44)22-51-35-42-32-29(33(43-35)45-13-14-49-21-37(2,47)18-45)34(48-3)41-31(30(32)40)25-16-24(46)15-23-7-4-8-26(39)28(23)25/h4,7-8,15-16,27,46-47H,5-6,9-14,17-22H2,1-3H3. The van der Waals surface area contributed by atoms with Gasteiger partial charge >= 0.3 is 6.01 Å². The molecule has 1 aliphatic carbocycles. The van der Waals surface area contributed by atoms with Crippen LogP contribution in [0, 0.1) is 22.5 Å². The average Bonchev–Trinajstić information content (AvgIpc) is 3.44. The summed E-state index contributed by atoms with van der Waals surface area (Å²) in [6, 6.07) is 7.49. The van der Waals surface area contributed by atoms with Crippen LogP contribution in [0.3, 0.4) is 0 Å². The molecule has 51 heavy (non-hydrogen) atoms. The minimum atomic E-state index is -1.23. The van der Waals surface area contributed by atoms with Crippen molar-refractivity contribution in [1.82, 2.24) is 19.9 Å². The van der Waals surface area contributed by atoms with E-state index in [0.717, 1.165) is 58.4 Å². The number of hydrogen-bond acceptors (Lipinski definition) is 11. The number of nitrogens with zero attached hydrogens (tertiary/aromatic N) is 5. The number of ether oxygens (including phenoxy) is 4. The Morgan fingerprint density at radius 2 is 1.82 bits per heavy atom. The van der Waals surface area contributed by atoms with Crippen molar-refractivity contribution in [2.24, 2.45) is 10.8 Å². The average molecular weight is 706 g/mol. The molecule has 2 N–H and O–H groups in total. The number of pyridine rings is 1. The van der Waals surface area contributed by atoms with Crippen LogP contribution < -0.4 is 14.4 Å². The first-order valence-corrected chi connectivity index (χ1v) is 17.8. The number of likely N-dealkylation sites (tertiary alicyclic amines) is 1. The van der Waals surface area contributed by atoms with Crippen LogP contribution in [0.5, 0.6) is 17.6 Å². The first-order valence-electron chi connectivity index (χ1n) is 17.8. The van der Waals surface area contributed by atoms with Crippen molar-refractivity contribution < 1.29 is 37.9 Å². The van der Waals surface area contributed by atoms with Crippen molar-refractivity contribution in [3.05, 3.63) is 42.0 Å². The zero-order valence-electron chi connectivity index (χ0n) is 29.4. The summed E-state index contributed by atoms with van der Waals surface area (Å²) >= 11 is 0. The number of piperidine rings is 1. The second kappa shape index (κ2) is 12.9. The second-order valence-electron chi connectivity index (χ2n) is 15.6. The smallest absolute Gasteiger partial charge is 0.319 e. The Balaban J connectivity index is 1.24. The highest BCUT2D eigenvalue weighted by Gasteiger charge is 2.50. The number of rotatable bonds is 8. The zero-order valence-corrected chi connectivity index (χ0v) is 29.4. The van der Waals surface area contributed by atoms with Gasteiger partial charge in [0.2, 0.25) is 5.88 Å². The molecule has 5 heterocycles. The van der Waals surface area contributed by atoms with E-state index in [2.05, 4.69) is 21.8 Å². The van der Waals surface area contributed by atoms with Gasteiger partial charge in [0, 0.05) is 40.9 Å². The Hall–Kier alpha value is -3.91. The van der Waals surface area contributed by atoms with Gasteiger partial charge < -0.3 is 34.1 Å². The largest absolute Gasteiger partial charge is 0.508 e. The van der Waals surface area contributed by atoms with Crippen molar-refractivity contribution in [2.75, 3.05) is 71.2 Å². The molecular formula is C38H45F2N5O6. The van der Waals surface area contributed by atoms with Crippen molar-refractivity contribution in [1.29, 1.82) is 0 Å². The number of anilines is 1. The number of aromatic hydroxyl groups is 1. The van der Waals surface area contributed by atoms with Crippen LogP contribution in [0.15, 0.2) is 30.3 Å². The van der Waals surface area contributed by atoms with Gasteiger partial charge in [-0.15, -0.1) is 0 Å². The van der Waals surface area contributed by atoms with Gasteiger partial charge in [0.1, 0.15) is 39.6 Å². The fourth-order valence-corrected chi connectivity index (χ4v) is 8.90. The number of benzene rings is 2. The van der Waals surface area contributed by atoms with Gasteiger partial charge in [-0.05, 0) is 62.7 Å². The third-order valence-corrected chi connectivity index (χ3v) is 11.2. The molecule has 2 aromatic carbocycles. The molecule has 272 valence electrons. The summed E-state index contributed by atoms with van der Waals surface area (Å²) in [6.07, 6.45) is 5.27. The van der Waals surface area contributed by atoms with E-state index in [4.69, 9.17) is 23.9 Å². The molecule has 3 saturated heterocycles. The molecule has 1 saturated carbocycles. The lowest BCUT2D eigenvalue weighted by Crippen LogP contribution is -2.57. The molecule has 4 fully saturated rings. The van der Waals surface area contributed by atoms with Crippen LogP contribution in [-0.4, -0.2) is 108 Å². The van der Waals surface area contributed by atoms with E-state index >= 15 is 8.78 Å². The predicted molar refractivity (Wildman–Crippen MR) is 187 cm³/mol. The van der Waals surface area contributed by atoms with Crippen molar-refractivity contribution in [3.8, 4) is 28.9 Å². The van der Waals surface area contributed by atoms with Crippen LogP contribution >= 0.6 is 0 Å². The molecule has 3 aliphatic heterocycles. The molecule has 2 aromatic heterocycles. The first kappa shape index (κ1) is 34.2. The Labute approximate surface area is 295 Å². The summed E-state index contributed by atoms with van der Waals surface area (Å²) in [6.45, 7) is 8.80. The van der Waals surface area contributed by atoms with Crippen LogP contribution in [-0.2, 0) is 9.47 Å². The topological polar surface area (TPSA) is 123 Å². The Kier molecular flexibility index (Phi) is 8.68. The Bertz CT molecular complexity index is 1980. The number of methoxy groups -OCH3 is 1. The third kappa shape index (κ3) is 6.21. The predicted octanol–water partition coefficient (Wildman–Crippen LogP) is 5.48. The van der Waals surface area contributed by atoms with Gasteiger partial charge in [0.05, 0.1) is 46.7 Å². The number of phenols is 1. The molecule has 0 spiro atoms. The van der Waals surface area contributed by atoms with E-state index in [1.54, 1.807) is 13.0 Å². The maximum absolute atomic E-state index is 17.1. The number of fused-ring (bicyclic) bond motifs is 3. The lowest BCUT2D eigenvalue weighted by atomic mass is 9.74. The van der Waals surface area contributed by atoms with Crippen LogP contribution in [0.1, 0.15) is 46.0 Å². The molecule has 4 aromatic rings. The van der Waals surface area contributed by atoms with E-state index in [1.165, 1.54) is 31.4 Å². The van der Waals surface area contributed by atoms with Crippen LogP contribution in [0.2, 0.25) is 0 Å². The SMILES string of the molecule is COc1nc(-c2cc(O)cc3cccc(F)c23)c(F)c2nc(OCC34CCCC3N(CC3(C)COC3)CCC4)nc(N3CCOCC(C)(O)C3)c12. The van der Waals surface area contributed by atoms with Crippen molar-refractivity contribution >= 4 is 27.5 Å². The summed E-state index contributed by atoms with van der Waals surface area (Å²) in [7, 11) is 1.41. The van der Waals surface area contributed by atoms with E-state index < -0.39 is 17.2 Å². The number of aromatic nitrogens is 3. The first-order chi connectivity index (χ1) is 24.5. The number of aliphatic hydroxyl groups is 1. The number of phenolic OH excluding ortho intramolecular Hbond substituents is 1. The molecule has 3 atom stereocenters. The van der Waals surface area contributed by atoms with Gasteiger partial charge in [-0.1, -0.05) is 25.5 Å². The maximum Gasteiger partial charge on any atom is 0.319 e. The lowest BCUT2D eigenvalue weighted by molar-refractivity contribution is -0.130. The Morgan fingerprint density at radius 3 is 2.61 bits per heavy atom. The monoisotopic (exact) mass is 705 g/mol. The molecule has 0 radical (unpaired) electrons. The summed E-state index contributed by atoms with van der Waals surface area (Å²) < 4.78 is 56.0. The highest BCUT2D eigenvalue weighted by Crippen LogP contribution is 2.49. The fourth-order valence-electron chi connectivity index (χ4n) is 8.90. The molecule has 0 amide bonds. The van der Waals surface area contributed by atoms with Crippen LogP contribution in [0.4, 0.5) is 14.6 Å². The van der Waals surface area contributed by atoms with Crippen molar-refractivity contribution in [2.45, 2.75) is 57.6 Å². The summed E-state index contributed by atoms with van der Waals surface area (Å²) in [5, 5.41) is 22.4. The molecule has 4 aliphatic rings. The molecule has 0 bridgehead atoms. The van der Waals surface area contributed by atoms with E-state index in [-0.39, 0.29) is 75.0 Å². The molecule has 11 nitrogen and oxygen atoms in total. The summed E-state index contributed by atoms with van der Waals surface area (Å²) in [4.78, 5) is 18.5. The summed E-state index contributed by atoms with van der Waals surface area (Å²) in [5.74, 6) is -1.32. The van der Waals surface area contributed by atoms with Gasteiger partial charge in [0.15, 0.2) is 5.82 Å². The minimum Gasteiger partial charge on any atom is -0.508 e. The van der Waals surface area contributed by atoms with E-state index in [1.807, 2.05) is 4.90 Å². The number of β-amino-alcohol motifs (C(OH)–C–C–N with tert-alkyl or cyclic N) is 1. The zero-order chi connectivity index (χ0) is 35.5. The minimum absolute atomic E-state index is 0.00596. The van der Waals surface area contributed by atoms with Gasteiger partial charge in [0.25, 0.3) is 0 Å². The summed E-state index contributed by atoms with van der Waals surface area (Å²) in [5.41, 5.74) is -1.48. The third-order valence-electron chi connectivity index (χ3n) is 11.2. The Morgan fingerprint density at radius 1 is 1.00 bits per heavy atom. The molecule has 8 rings (SSSR count). The van der Waals surface area contributed by atoms with Gasteiger partial charge in [-0.2, -0.15) is 9.97 Å². The second-order valence-corrected chi connectivity index (χ2v) is 15.6. The van der Waals surface area contributed by atoms with E-state index in [9.17, 15) is 10.2 Å². The van der Waals surface area contributed by atoms with E-state index in [0.29, 0.717) is 31.2 Å². The van der Waals surface area contributed by atoms with Gasteiger partial charge in [-0.25, -0.2) is 13.8 Å². The maximum atomic E-state index is 17.1. The molecular weight excluding hydrogens is 660 g/mol. The number of halogens is 2. The number of hydrogen-bond donors (Lipinski definition) is 2. The van der Waals surface area contributed by atoms with Crippen LogP contribution in [0.25, 0.3) is 32.9 Å². The fraction of sp³-hybridized carbons (Fsp3) is 0.553. The lowest BCUT2D eigenvalue weighted by Gasteiger charge is -2.50. The molecule has 13 heteroatoms. The highest BCUT2D eigenvalue weighted by atomic mass is 19.1.